The molecule has 34 heavy (non-hydrogen) atoms. The largest absolute Gasteiger partial charge is 0.461 e. The summed E-state index contributed by atoms with van der Waals surface area (Å²) in [6, 6.07) is 0. The van der Waals surface area contributed by atoms with E-state index in [2.05, 4.69) is 39.5 Å². The minimum Gasteiger partial charge on any atom is -0.461 e. The zero-order valence-electron chi connectivity index (χ0n) is 21.6. The smallest absolute Gasteiger partial charge is 0.326 e. The van der Waals surface area contributed by atoms with Crippen molar-refractivity contribution in [2.24, 2.45) is 11.3 Å². The van der Waals surface area contributed by atoms with Crippen LogP contribution in [0.15, 0.2) is 4.79 Å². The molecule has 1 saturated carbocycles. The Morgan fingerprint density at radius 3 is 2.44 bits per heavy atom. The molecule has 0 aliphatic heterocycles. The van der Waals surface area contributed by atoms with Crippen LogP contribution in [-0.2, 0) is 35.5 Å². The molecule has 2 aliphatic rings. The zero-order chi connectivity index (χ0) is 24.5. The Bertz CT molecular complexity index is 1070. The topological polar surface area (TPSA) is 64.4 Å². The predicted molar refractivity (Wildman–Crippen MR) is 138 cm³/mol. The molecule has 0 atom stereocenters. The maximum atomic E-state index is 13.7. The average Bonchev–Trinajstić information content (AvgIpc) is 3.18. The first-order chi connectivity index (χ1) is 16.2. The van der Waals surface area contributed by atoms with Gasteiger partial charge in [-0.15, -0.1) is 11.3 Å². The molecule has 1 fully saturated rings. The van der Waals surface area contributed by atoms with Gasteiger partial charge in [0.05, 0.1) is 11.9 Å². The van der Waals surface area contributed by atoms with E-state index in [1.165, 1.54) is 16.9 Å². The summed E-state index contributed by atoms with van der Waals surface area (Å²) in [4.78, 5) is 36.1. The number of carbonyl (C=O) groups is 1. The predicted octanol–water partition coefficient (Wildman–Crippen LogP) is 5.33. The van der Waals surface area contributed by atoms with Crippen molar-refractivity contribution in [3.63, 3.8) is 0 Å². The van der Waals surface area contributed by atoms with Crippen molar-refractivity contribution >= 4 is 27.5 Å². The number of esters is 1. The second-order valence-corrected chi connectivity index (χ2v) is 12.2. The van der Waals surface area contributed by atoms with E-state index >= 15 is 0 Å². The van der Waals surface area contributed by atoms with E-state index in [0.29, 0.717) is 23.7 Å². The van der Waals surface area contributed by atoms with Gasteiger partial charge in [0.15, 0.2) is 0 Å². The van der Waals surface area contributed by atoms with Gasteiger partial charge < -0.3 is 4.74 Å². The summed E-state index contributed by atoms with van der Waals surface area (Å²) in [5.74, 6) is 1.03. The number of carbonyl (C=O) groups excluding carboxylic acids is 1. The molecule has 0 spiro atoms. The molecule has 4 rings (SSSR count). The van der Waals surface area contributed by atoms with Gasteiger partial charge in [-0.05, 0) is 81.4 Å². The van der Waals surface area contributed by atoms with Crippen LogP contribution in [0.25, 0.3) is 10.2 Å². The molecule has 0 unspecified atom stereocenters. The minimum atomic E-state index is -0.313. The van der Waals surface area contributed by atoms with Crippen LogP contribution in [-0.4, -0.2) is 39.6 Å². The maximum Gasteiger partial charge on any atom is 0.326 e. The van der Waals surface area contributed by atoms with E-state index in [4.69, 9.17) is 9.72 Å². The first kappa shape index (κ1) is 25.4. The van der Waals surface area contributed by atoms with Crippen molar-refractivity contribution in [1.82, 2.24) is 14.5 Å². The second-order valence-electron chi connectivity index (χ2n) is 11.1. The van der Waals surface area contributed by atoms with Crippen LogP contribution >= 0.6 is 11.3 Å². The number of hydrogen-bond donors (Lipinski definition) is 0. The van der Waals surface area contributed by atoms with E-state index in [1.807, 2.05) is 0 Å². The summed E-state index contributed by atoms with van der Waals surface area (Å²) < 4.78 is 7.50. The molecule has 0 aromatic carbocycles. The van der Waals surface area contributed by atoms with Gasteiger partial charge in [-0.1, -0.05) is 34.6 Å². The van der Waals surface area contributed by atoms with Crippen molar-refractivity contribution in [2.45, 2.75) is 105 Å². The number of nitrogens with zero attached hydrogens (tertiary/aromatic N) is 3. The van der Waals surface area contributed by atoms with Crippen LogP contribution in [0.3, 0.4) is 0 Å². The molecule has 2 heterocycles. The van der Waals surface area contributed by atoms with Crippen molar-refractivity contribution in [3.05, 3.63) is 26.6 Å². The second kappa shape index (κ2) is 10.5. The van der Waals surface area contributed by atoms with Crippen molar-refractivity contribution in [1.29, 1.82) is 0 Å². The summed E-state index contributed by atoms with van der Waals surface area (Å²) in [5.41, 5.74) is 1.39. The van der Waals surface area contributed by atoms with Crippen LogP contribution in [0.4, 0.5) is 0 Å². The number of aromatic nitrogens is 2. The standard InChI is InChI=1S/C27H41N3O3S/c1-6-29(7-2)16-22-28-25-24(20-10-8-9-11-21(20)34-25)26(32)30(22)17-23(31)33-19-14-12-18(13-15-19)27(3,4)5/h18-19H,6-17H2,1-5H3. The van der Waals surface area contributed by atoms with Gasteiger partial charge in [0.1, 0.15) is 23.3 Å². The van der Waals surface area contributed by atoms with Crippen molar-refractivity contribution in [2.75, 3.05) is 13.1 Å². The molecule has 188 valence electrons. The van der Waals surface area contributed by atoms with Gasteiger partial charge in [-0.3, -0.25) is 19.1 Å². The number of ether oxygens (including phenoxy) is 1. The molecule has 0 amide bonds. The number of hydrogen-bond acceptors (Lipinski definition) is 6. The van der Waals surface area contributed by atoms with Crippen LogP contribution < -0.4 is 5.56 Å². The number of thiophene rings is 1. The van der Waals surface area contributed by atoms with E-state index in [-0.39, 0.29) is 24.2 Å². The lowest BCUT2D eigenvalue weighted by molar-refractivity contribution is -0.152. The lowest BCUT2D eigenvalue weighted by Crippen LogP contribution is -2.35. The highest BCUT2D eigenvalue weighted by molar-refractivity contribution is 7.18. The third kappa shape index (κ3) is 5.40. The number of fused-ring (bicyclic) bond motifs is 3. The molecule has 2 aliphatic carbocycles. The Hall–Kier alpha value is -1.73. The lowest BCUT2D eigenvalue weighted by atomic mass is 9.72. The minimum absolute atomic E-state index is 0.0429. The van der Waals surface area contributed by atoms with Gasteiger partial charge in [-0.2, -0.15) is 0 Å². The van der Waals surface area contributed by atoms with E-state index in [1.54, 1.807) is 15.9 Å². The fourth-order valence-electron chi connectivity index (χ4n) is 5.61. The fourth-order valence-corrected chi connectivity index (χ4v) is 6.88. The fraction of sp³-hybridized carbons (Fsp3) is 0.741. The van der Waals surface area contributed by atoms with Crippen LogP contribution in [0.5, 0.6) is 0 Å². The number of aryl methyl sites for hydroxylation is 2. The molecule has 0 bridgehead atoms. The Labute approximate surface area is 207 Å². The van der Waals surface area contributed by atoms with Gasteiger partial charge in [0, 0.05) is 4.88 Å². The summed E-state index contributed by atoms with van der Waals surface area (Å²) in [6.07, 6.45) is 8.19. The highest BCUT2D eigenvalue weighted by Crippen LogP contribution is 2.38. The van der Waals surface area contributed by atoms with Gasteiger partial charge >= 0.3 is 5.97 Å². The normalized spacial score (nSPS) is 21.1. The molecule has 6 nitrogen and oxygen atoms in total. The third-order valence-corrected chi connectivity index (χ3v) is 9.08. The molecule has 0 radical (unpaired) electrons. The Morgan fingerprint density at radius 2 is 1.79 bits per heavy atom. The SMILES string of the molecule is CCN(CC)Cc1nc2sc3c(c2c(=O)n1CC(=O)OC1CCC(C(C)(C)C)CC1)CCCC3. The Kier molecular flexibility index (Phi) is 7.82. The molecule has 0 saturated heterocycles. The van der Waals surface area contributed by atoms with E-state index < -0.39 is 0 Å². The van der Waals surface area contributed by atoms with Crippen LogP contribution in [0, 0.1) is 11.3 Å². The summed E-state index contributed by atoms with van der Waals surface area (Å²) in [5, 5.41) is 0.737. The van der Waals surface area contributed by atoms with E-state index in [0.717, 1.165) is 68.3 Å². The Morgan fingerprint density at radius 1 is 1.12 bits per heavy atom. The van der Waals surface area contributed by atoms with Crippen molar-refractivity contribution < 1.29 is 9.53 Å². The molecular weight excluding hydrogens is 446 g/mol. The van der Waals surface area contributed by atoms with Crippen LogP contribution in [0.1, 0.15) is 89.4 Å². The van der Waals surface area contributed by atoms with Crippen molar-refractivity contribution in [3.8, 4) is 0 Å². The zero-order valence-corrected chi connectivity index (χ0v) is 22.4. The Balaban J connectivity index is 1.58. The quantitative estimate of drug-likeness (QED) is 0.494. The maximum absolute atomic E-state index is 13.7. The molecule has 2 aromatic heterocycles. The van der Waals surface area contributed by atoms with Gasteiger partial charge in [0.2, 0.25) is 0 Å². The summed E-state index contributed by atoms with van der Waals surface area (Å²) >= 11 is 1.67. The molecule has 2 aromatic rings. The molecular formula is C27H41N3O3S. The first-order valence-corrected chi connectivity index (χ1v) is 14.0. The molecule has 7 heteroatoms. The molecule has 0 N–H and O–H groups in total. The monoisotopic (exact) mass is 487 g/mol. The van der Waals surface area contributed by atoms with Crippen LogP contribution in [0.2, 0.25) is 0 Å². The summed E-state index contributed by atoms with van der Waals surface area (Å²) in [7, 11) is 0. The highest BCUT2D eigenvalue weighted by atomic mass is 32.1. The average molecular weight is 488 g/mol. The number of rotatable bonds is 7. The third-order valence-electron chi connectivity index (χ3n) is 7.90. The lowest BCUT2D eigenvalue weighted by Gasteiger charge is -2.36. The summed E-state index contributed by atoms with van der Waals surface area (Å²) in [6.45, 7) is 13.3. The van der Waals surface area contributed by atoms with E-state index in [9.17, 15) is 9.59 Å². The van der Waals surface area contributed by atoms with Gasteiger partial charge in [0.25, 0.3) is 5.56 Å². The first-order valence-electron chi connectivity index (χ1n) is 13.2. The highest BCUT2D eigenvalue weighted by Gasteiger charge is 2.31. The van der Waals surface area contributed by atoms with Gasteiger partial charge in [-0.25, -0.2) is 4.98 Å².